The molecule has 1 atom stereocenters. The van der Waals surface area contributed by atoms with Crippen LogP contribution in [0.1, 0.15) is 38.3 Å². The van der Waals surface area contributed by atoms with Crippen molar-refractivity contribution < 1.29 is 0 Å². The number of rotatable bonds is 5. The first-order valence-electron chi connectivity index (χ1n) is 7.37. The van der Waals surface area contributed by atoms with Crippen molar-refractivity contribution >= 4 is 36.4 Å². The van der Waals surface area contributed by atoms with Gasteiger partial charge >= 0.3 is 0 Å². The van der Waals surface area contributed by atoms with Gasteiger partial charge in [0.05, 0.1) is 0 Å². The summed E-state index contributed by atoms with van der Waals surface area (Å²) in [6, 6.07) is 8.80. The van der Waals surface area contributed by atoms with Gasteiger partial charge in [-0.05, 0) is 30.4 Å². The standard InChI is InChI=1S/C16H25ClN2.2ClH/c1-13(2)7-8-16(19-11-9-18-10-12-19)14-5-3-4-6-15(14)17;;/h3-6,13,16,18H,7-12H2,1-2H3;2*1H/t16-;;/m0../s1. The van der Waals surface area contributed by atoms with Crippen molar-refractivity contribution in [2.45, 2.75) is 32.7 Å². The van der Waals surface area contributed by atoms with Crippen molar-refractivity contribution in [2.24, 2.45) is 5.92 Å². The Hall–Kier alpha value is 0.01000. The van der Waals surface area contributed by atoms with Gasteiger partial charge in [-0.15, -0.1) is 24.8 Å². The summed E-state index contributed by atoms with van der Waals surface area (Å²) in [5.74, 6) is 0.743. The van der Waals surface area contributed by atoms with Crippen LogP contribution in [-0.4, -0.2) is 31.1 Å². The Labute approximate surface area is 146 Å². The van der Waals surface area contributed by atoms with Crippen LogP contribution in [0.3, 0.4) is 0 Å². The van der Waals surface area contributed by atoms with E-state index in [9.17, 15) is 0 Å². The van der Waals surface area contributed by atoms with E-state index in [2.05, 4.69) is 36.2 Å². The Morgan fingerprint density at radius 3 is 2.29 bits per heavy atom. The zero-order valence-corrected chi connectivity index (χ0v) is 15.2. The molecule has 0 aromatic heterocycles. The van der Waals surface area contributed by atoms with E-state index in [-0.39, 0.29) is 24.8 Å². The van der Waals surface area contributed by atoms with Crippen molar-refractivity contribution in [1.82, 2.24) is 10.2 Å². The summed E-state index contributed by atoms with van der Waals surface area (Å²) in [6.45, 7) is 9.00. The summed E-state index contributed by atoms with van der Waals surface area (Å²) in [4.78, 5) is 2.58. The minimum absolute atomic E-state index is 0. The van der Waals surface area contributed by atoms with Crippen LogP contribution < -0.4 is 5.32 Å². The quantitative estimate of drug-likeness (QED) is 0.834. The number of benzene rings is 1. The molecule has 1 aromatic rings. The molecule has 0 radical (unpaired) electrons. The number of piperazine rings is 1. The van der Waals surface area contributed by atoms with Gasteiger partial charge in [0, 0.05) is 37.2 Å². The van der Waals surface area contributed by atoms with Gasteiger partial charge in [-0.3, -0.25) is 4.90 Å². The molecule has 2 rings (SSSR count). The molecule has 2 nitrogen and oxygen atoms in total. The summed E-state index contributed by atoms with van der Waals surface area (Å²) in [5, 5.41) is 4.34. The van der Waals surface area contributed by atoms with E-state index in [1.165, 1.54) is 18.4 Å². The molecule has 0 spiro atoms. The Balaban J connectivity index is 0.00000200. The van der Waals surface area contributed by atoms with Crippen molar-refractivity contribution in [2.75, 3.05) is 26.2 Å². The summed E-state index contributed by atoms with van der Waals surface area (Å²) in [5.41, 5.74) is 1.30. The van der Waals surface area contributed by atoms with Crippen LogP contribution in [0, 0.1) is 5.92 Å². The zero-order valence-electron chi connectivity index (χ0n) is 12.8. The molecule has 1 aromatic carbocycles. The minimum Gasteiger partial charge on any atom is -0.314 e. The van der Waals surface area contributed by atoms with Crippen molar-refractivity contribution in [3.8, 4) is 0 Å². The Morgan fingerprint density at radius 1 is 1.10 bits per heavy atom. The lowest BCUT2D eigenvalue weighted by atomic mass is 9.95. The highest BCUT2D eigenvalue weighted by molar-refractivity contribution is 6.31. The first-order chi connectivity index (χ1) is 9.18. The monoisotopic (exact) mass is 352 g/mol. The van der Waals surface area contributed by atoms with Crippen LogP contribution in [0.15, 0.2) is 24.3 Å². The molecule has 0 amide bonds. The van der Waals surface area contributed by atoms with Crippen LogP contribution in [0.4, 0.5) is 0 Å². The fourth-order valence-electron chi connectivity index (χ4n) is 2.77. The molecule has 1 aliphatic heterocycles. The lowest BCUT2D eigenvalue weighted by Gasteiger charge is -2.36. The second kappa shape index (κ2) is 10.7. The molecule has 1 N–H and O–H groups in total. The molecule has 0 unspecified atom stereocenters. The third-order valence-electron chi connectivity index (χ3n) is 3.87. The number of nitrogens with zero attached hydrogens (tertiary/aromatic N) is 1. The van der Waals surface area contributed by atoms with E-state index in [0.29, 0.717) is 6.04 Å². The smallest absolute Gasteiger partial charge is 0.0453 e. The van der Waals surface area contributed by atoms with Gasteiger partial charge in [-0.25, -0.2) is 0 Å². The SMILES string of the molecule is CC(C)CC[C@@H](c1ccccc1Cl)N1CCNCC1.Cl.Cl. The highest BCUT2D eigenvalue weighted by atomic mass is 35.5. The van der Waals surface area contributed by atoms with Crippen LogP contribution in [0.25, 0.3) is 0 Å². The molecule has 0 bridgehead atoms. The van der Waals surface area contributed by atoms with Gasteiger partial charge in [0.1, 0.15) is 0 Å². The average molecular weight is 354 g/mol. The predicted molar refractivity (Wildman–Crippen MR) is 97.2 cm³/mol. The Kier molecular flexibility index (Phi) is 10.7. The van der Waals surface area contributed by atoms with Crippen molar-refractivity contribution in [3.05, 3.63) is 34.9 Å². The maximum atomic E-state index is 6.41. The topological polar surface area (TPSA) is 15.3 Å². The first-order valence-corrected chi connectivity index (χ1v) is 7.75. The fraction of sp³-hybridized carbons (Fsp3) is 0.625. The van der Waals surface area contributed by atoms with Gasteiger partial charge in [0.15, 0.2) is 0 Å². The van der Waals surface area contributed by atoms with Crippen molar-refractivity contribution in [1.29, 1.82) is 0 Å². The maximum Gasteiger partial charge on any atom is 0.0453 e. The molecular formula is C16H27Cl3N2. The molecular weight excluding hydrogens is 327 g/mol. The van der Waals surface area contributed by atoms with Crippen LogP contribution in [0.2, 0.25) is 5.02 Å². The fourth-order valence-corrected chi connectivity index (χ4v) is 3.03. The molecule has 5 heteroatoms. The second-order valence-corrected chi connectivity index (χ2v) is 6.20. The van der Waals surface area contributed by atoms with Gasteiger partial charge in [-0.1, -0.05) is 43.6 Å². The number of halogens is 3. The van der Waals surface area contributed by atoms with Gasteiger partial charge in [-0.2, -0.15) is 0 Å². The molecule has 0 aliphatic carbocycles. The van der Waals surface area contributed by atoms with Gasteiger partial charge < -0.3 is 5.32 Å². The van der Waals surface area contributed by atoms with E-state index < -0.39 is 0 Å². The molecule has 1 saturated heterocycles. The van der Waals surface area contributed by atoms with E-state index >= 15 is 0 Å². The second-order valence-electron chi connectivity index (χ2n) is 5.79. The average Bonchev–Trinajstić information content (AvgIpc) is 2.42. The van der Waals surface area contributed by atoms with Crippen LogP contribution in [0.5, 0.6) is 0 Å². The van der Waals surface area contributed by atoms with Crippen LogP contribution >= 0.6 is 36.4 Å². The maximum absolute atomic E-state index is 6.41. The molecule has 122 valence electrons. The molecule has 21 heavy (non-hydrogen) atoms. The highest BCUT2D eigenvalue weighted by Gasteiger charge is 2.23. The lowest BCUT2D eigenvalue weighted by molar-refractivity contribution is 0.160. The van der Waals surface area contributed by atoms with Gasteiger partial charge in [0.25, 0.3) is 0 Å². The summed E-state index contributed by atoms with van der Waals surface area (Å²) in [7, 11) is 0. The number of nitrogens with one attached hydrogen (secondary N) is 1. The number of hydrogen-bond acceptors (Lipinski definition) is 2. The van der Waals surface area contributed by atoms with E-state index in [0.717, 1.165) is 37.1 Å². The third-order valence-corrected chi connectivity index (χ3v) is 4.22. The molecule has 0 saturated carbocycles. The summed E-state index contributed by atoms with van der Waals surface area (Å²) in [6.07, 6.45) is 2.45. The normalized spacial score (nSPS) is 17.0. The largest absolute Gasteiger partial charge is 0.314 e. The molecule has 1 aliphatic rings. The number of hydrogen-bond donors (Lipinski definition) is 1. The van der Waals surface area contributed by atoms with E-state index in [1.807, 2.05) is 12.1 Å². The first kappa shape index (κ1) is 21.0. The van der Waals surface area contributed by atoms with Crippen molar-refractivity contribution in [3.63, 3.8) is 0 Å². The minimum atomic E-state index is 0. The predicted octanol–water partition coefficient (Wildman–Crippen LogP) is 4.57. The summed E-state index contributed by atoms with van der Waals surface area (Å²) >= 11 is 6.41. The third kappa shape index (κ3) is 6.33. The zero-order chi connectivity index (χ0) is 13.7. The van der Waals surface area contributed by atoms with Crippen LogP contribution in [-0.2, 0) is 0 Å². The molecule has 1 fully saturated rings. The Bertz CT molecular complexity index is 393. The van der Waals surface area contributed by atoms with E-state index in [4.69, 9.17) is 11.6 Å². The van der Waals surface area contributed by atoms with Gasteiger partial charge in [0.2, 0.25) is 0 Å². The molecule has 1 heterocycles. The lowest BCUT2D eigenvalue weighted by Crippen LogP contribution is -2.45. The highest BCUT2D eigenvalue weighted by Crippen LogP contribution is 2.32. The van der Waals surface area contributed by atoms with E-state index in [1.54, 1.807) is 0 Å². The Morgan fingerprint density at radius 2 is 1.71 bits per heavy atom. The summed E-state index contributed by atoms with van der Waals surface area (Å²) < 4.78 is 0.